The molecule has 5 heteroatoms. The van der Waals surface area contributed by atoms with Crippen molar-refractivity contribution in [2.24, 2.45) is 0 Å². The highest BCUT2D eigenvalue weighted by atomic mass is 79.9. The highest BCUT2D eigenvalue weighted by molar-refractivity contribution is 9.10. The van der Waals surface area contributed by atoms with Crippen LogP contribution < -0.4 is 5.32 Å². The van der Waals surface area contributed by atoms with Gasteiger partial charge in [0.25, 0.3) is 0 Å². The molecule has 2 rings (SSSR count). The van der Waals surface area contributed by atoms with Gasteiger partial charge in [0, 0.05) is 17.3 Å². The molecule has 1 N–H and O–H groups in total. The van der Waals surface area contributed by atoms with E-state index < -0.39 is 0 Å². The van der Waals surface area contributed by atoms with E-state index in [-0.39, 0.29) is 6.10 Å². The summed E-state index contributed by atoms with van der Waals surface area (Å²) in [6.45, 7) is 2.86. The number of aromatic nitrogens is 1. The fourth-order valence-corrected chi connectivity index (χ4v) is 2.13. The van der Waals surface area contributed by atoms with Gasteiger partial charge in [0.2, 0.25) is 0 Å². The van der Waals surface area contributed by atoms with Crippen LogP contribution in [0.3, 0.4) is 0 Å². The van der Waals surface area contributed by atoms with Gasteiger partial charge in [-0.15, -0.1) is 0 Å². The number of anilines is 1. The lowest BCUT2D eigenvalue weighted by Crippen LogP contribution is -2.26. The normalized spacial score (nSPS) is 25.5. The lowest BCUT2D eigenvalue weighted by molar-refractivity contribution is 0.121. The predicted octanol–water partition coefficient (Wildman–Crippen LogP) is 3.09. The van der Waals surface area contributed by atoms with E-state index in [1.54, 1.807) is 6.20 Å². The molecule has 1 aromatic heterocycles. The van der Waals surface area contributed by atoms with Crippen LogP contribution in [0.15, 0.2) is 16.7 Å². The smallest absolute Gasteiger partial charge is 0.152 e. The lowest BCUT2D eigenvalue weighted by atomic mass is 10.1. The summed E-state index contributed by atoms with van der Waals surface area (Å²) in [5, 5.41) is 3.85. The molecule has 1 fully saturated rings. The molecule has 3 nitrogen and oxygen atoms in total. The van der Waals surface area contributed by atoms with Gasteiger partial charge in [-0.3, -0.25) is 0 Å². The van der Waals surface area contributed by atoms with Crippen LogP contribution in [0.4, 0.5) is 5.69 Å². The summed E-state index contributed by atoms with van der Waals surface area (Å²) < 4.78 is 6.39. The number of ether oxygens (including phenoxy) is 1. The third-order valence-corrected chi connectivity index (χ3v) is 3.26. The van der Waals surface area contributed by atoms with E-state index in [9.17, 15) is 0 Å². The summed E-state index contributed by atoms with van der Waals surface area (Å²) in [4.78, 5) is 4.06. The second-order valence-corrected chi connectivity index (χ2v) is 4.88. The summed E-state index contributed by atoms with van der Waals surface area (Å²) in [6.07, 6.45) is 2.91. The van der Waals surface area contributed by atoms with Crippen molar-refractivity contribution >= 4 is 33.2 Å². The number of nitrogens with zero attached hydrogens (tertiary/aromatic N) is 1. The van der Waals surface area contributed by atoms with Gasteiger partial charge in [-0.05, 0) is 35.3 Å². The Hall–Kier alpha value is -0.320. The molecule has 2 heterocycles. The zero-order valence-corrected chi connectivity index (χ0v) is 10.7. The molecule has 1 aliphatic rings. The first-order valence-corrected chi connectivity index (χ1v) is 6.03. The first-order valence-electron chi connectivity index (χ1n) is 4.86. The van der Waals surface area contributed by atoms with Crippen LogP contribution in [0.25, 0.3) is 0 Å². The van der Waals surface area contributed by atoms with Crippen molar-refractivity contribution in [3.8, 4) is 0 Å². The second-order valence-electron chi connectivity index (χ2n) is 3.61. The average Bonchev–Trinajstić information content (AvgIpc) is 2.58. The fourth-order valence-electron chi connectivity index (χ4n) is 1.64. The summed E-state index contributed by atoms with van der Waals surface area (Å²) in [6, 6.07) is 2.25. The van der Waals surface area contributed by atoms with Gasteiger partial charge >= 0.3 is 0 Å². The Kier molecular flexibility index (Phi) is 3.49. The molecule has 0 spiro atoms. The molecule has 2 unspecified atom stereocenters. The zero-order chi connectivity index (χ0) is 10.8. The van der Waals surface area contributed by atoms with Crippen molar-refractivity contribution in [3.63, 3.8) is 0 Å². The maximum atomic E-state index is 5.99. The molecule has 0 aromatic carbocycles. The van der Waals surface area contributed by atoms with E-state index >= 15 is 0 Å². The Morgan fingerprint density at radius 1 is 1.67 bits per heavy atom. The second kappa shape index (κ2) is 4.68. The van der Waals surface area contributed by atoms with Crippen LogP contribution in [0.1, 0.15) is 13.3 Å². The molecule has 0 bridgehead atoms. The van der Waals surface area contributed by atoms with Gasteiger partial charge in [-0.1, -0.05) is 11.6 Å². The van der Waals surface area contributed by atoms with Gasteiger partial charge in [-0.25, -0.2) is 4.98 Å². The van der Waals surface area contributed by atoms with E-state index in [1.165, 1.54) is 0 Å². The monoisotopic (exact) mass is 290 g/mol. The number of pyridine rings is 1. The minimum Gasteiger partial charge on any atom is -0.377 e. The largest absolute Gasteiger partial charge is 0.377 e. The molecule has 0 saturated carbocycles. The molecule has 82 valence electrons. The number of nitrogens with one attached hydrogen (secondary N) is 1. The average molecular weight is 292 g/mol. The molecular formula is C10H12BrClN2O. The number of halogens is 2. The molecule has 1 saturated heterocycles. The van der Waals surface area contributed by atoms with Gasteiger partial charge in [0.15, 0.2) is 5.15 Å². The summed E-state index contributed by atoms with van der Waals surface area (Å²) in [7, 11) is 0. The third-order valence-electron chi connectivity index (χ3n) is 2.52. The van der Waals surface area contributed by atoms with Crippen molar-refractivity contribution in [2.45, 2.75) is 25.5 Å². The maximum Gasteiger partial charge on any atom is 0.152 e. The molecule has 0 aliphatic carbocycles. The number of rotatable bonds is 2. The highest BCUT2D eigenvalue weighted by Gasteiger charge is 2.24. The molecule has 2 atom stereocenters. The lowest BCUT2D eigenvalue weighted by Gasteiger charge is -2.17. The third kappa shape index (κ3) is 2.62. The fraction of sp³-hybridized carbons (Fsp3) is 0.500. The molecule has 1 aliphatic heterocycles. The Bertz CT molecular complexity index is 361. The van der Waals surface area contributed by atoms with Crippen LogP contribution in [0, 0.1) is 0 Å². The Balaban J connectivity index is 2.12. The molecule has 1 aromatic rings. The Morgan fingerprint density at radius 3 is 3.13 bits per heavy atom. The minimum atomic E-state index is 0.222. The van der Waals surface area contributed by atoms with Crippen LogP contribution in [0.5, 0.6) is 0 Å². The van der Waals surface area contributed by atoms with Crippen LogP contribution in [0.2, 0.25) is 5.15 Å². The zero-order valence-electron chi connectivity index (χ0n) is 8.34. The van der Waals surface area contributed by atoms with E-state index in [1.807, 2.05) is 6.07 Å². The maximum absolute atomic E-state index is 5.99. The molecule has 0 radical (unpaired) electrons. The molecule has 15 heavy (non-hydrogen) atoms. The topological polar surface area (TPSA) is 34.1 Å². The SMILES string of the molecule is CC1OCCC1Nc1cc(Br)cnc1Cl. The highest BCUT2D eigenvalue weighted by Crippen LogP contribution is 2.26. The van der Waals surface area contributed by atoms with Crippen LogP contribution >= 0.6 is 27.5 Å². The summed E-state index contributed by atoms with van der Waals surface area (Å²) in [5.74, 6) is 0. The van der Waals surface area contributed by atoms with E-state index in [0.717, 1.165) is 23.2 Å². The molecular weight excluding hydrogens is 279 g/mol. The van der Waals surface area contributed by atoms with Gasteiger partial charge in [0.05, 0.1) is 17.8 Å². The Morgan fingerprint density at radius 2 is 2.47 bits per heavy atom. The number of hydrogen-bond donors (Lipinski definition) is 1. The van der Waals surface area contributed by atoms with Gasteiger partial charge in [0.1, 0.15) is 0 Å². The summed E-state index contributed by atoms with van der Waals surface area (Å²) in [5.41, 5.74) is 0.855. The summed E-state index contributed by atoms with van der Waals surface area (Å²) >= 11 is 9.36. The van der Waals surface area contributed by atoms with Crippen molar-refractivity contribution < 1.29 is 4.74 Å². The van der Waals surface area contributed by atoms with Gasteiger partial charge in [-0.2, -0.15) is 0 Å². The predicted molar refractivity (Wildman–Crippen MR) is 64.4 cm³/mol. The van der Waals surface area contributed by atoms with Crippen molar-refractivity contribution in [3.05, 3.63) is 21.9 Å². The van der Waals surface area contributed by atoms with Crippen molar-refractivity contribution in [2.75, 3.05) is 11.9 Å². The van der Waals surface area contributed by atoms with E-state index in [4.69, 9.17) is 16.3 Å². The van der Waals surface area contributed by atoms with Crippen molar-refractivity contribution in [1.29, 1.82) is 0 Å². The number of hydrogen-bond acceptors (Lipinski definition) is 3. The quantitative estimate of drug-likeness (QED) is 0.850. The van der Waals surface area contributed by atoms with E-state index in [0.29, 0.717) is 11.2 Å². The standard InChI is InChI=1S/C10H12BrClN2O/c1-6-8(2-3-15-6)14-9-4-7(11)5-13-10(9)12/h4-6,8,14H,2-3H2,1H3. The molecule has 0 amide bonds. The van der Waals surface area contributed by atoms with E-state index in [2.05, 4.69) is 33.2 Å². The van der Waals surface area contributed by atoms with Crippen LogP contribution in [-0.2, 0) is 4.74 Å². The van der Waals surface area contributed by atoms with Gasteiger partial charge < -0.3 is 10.1 Å². The Labute approximate surface area is 102 Å². The first-order chi connectivity index (χ1) is 7.16. The van der Waals surface area contributed by atoms with Crippen molar-refractivity contribution in [1.82, 2.24) is 4.98 Å². The minimum absolute atomic E-state index is 0.222. The first kappa shape index (κ1) is 11.2. The van der Waals surface area contributed by atoms with Crippen LogP contribution in [-0.4, -0.2) is 23.7 Å².